The van der Waals surface area contributed by atoms with Crippen LogP contribution in [0, 0.1) is 5.82 Å². The molecule has 0 saturated carbocycles. The Labute approximate surface area is 103 Å². The van der Waals surface area contributed by atoms with Crippen LogP contribution in [0.5, 0.6) is 11.5 Å². The molecule has 0 spiro atoms. The summed E-state index contributed by atoms with van der Waals surface area (Å²) in [6.45, 7) is 0.890. The van der Waals surface area contributed by atoms with Crippen molar-refractivity contribution in [2.45, 2.75) is 0 Å². The fourth-order valence-electron chi connectivity index (χ4n) is 1.92. The highest BCUT2D eigenvalue weighted by atomic mass is 19.1. The molecule has 2 N–H and O–H groups in total. The van der Waals surface area contributed by atoms with Crippen molar-refractivity contribution in [2.75, 3.05) is 18.9 Å². The summed E-state index contributed by atoms with van der Waals surface area (Å²) in [5.74, 6) is 0.954. The van der Waals surface area contributed by atoms with Crippen LogP contribution < -0.4 is 15.2 Å². The molecule has 0 unspecified atom stereocenters. The summed E-state index contributed by atoms with van der Waals surface area (Å²) >= 11 is 0. The Bertz CT molecular complexity index is 610. The lowest BCUT2D eigenvalue weighted by Gasteiger charge is -2.19. The molecule has 1 aromatic heterocycles. The molecule has 0 aliphatic carbocycles. The number of nitrogen functional groups attached to an aromatic ring is 1. The minimum atomic E-state index is -0.404. The molecule has 1 aliphatic heterocycles. The molecule has 6 heteroatoms. The Kier molecular flexibility index (Phi) is 2.36. The van der Waals surface area contributed by atoms with Crippen LogP contribution in [0.15, 0.2) is 18.3 Å². The first-order chi connectivity index (χ1) is 8.66. The van der Waals surface area contributed by atoms with E-state index in [1.807, 2.05) is 0 Å². The predicted molar refractivity (Wildman–Crippen MR) is 64.0 cm³/mol. The van der Waals surface area contributed by atoms with Gasteiger partial charge in [0, 0.05) is 24.2 Å². The minimum absolute atomic E-state index is 0.366. The van der Waals surface area contributed by atoms with Crippen molar-refractivity contribution in [1.29, 1.82) is 0 Å². The van der Waals surface area contributed by atoms with Crippen molar-refractivity contribution in [1.82, 2.24) is 9.78 Å². The van der Waals surface area contributed by atoms with Crippen molar-refractivity contribution < 1.29 is 13.9 Å². The van der Waals surface area contributed by atoms with Crippen LogP contribution in [0.2, 0.25) is 0 Å². The van der Waals surface area contributed by atoms with Gasteiger partial charge in [-0.05, 0) is 6.07 Å². The van der Waals surface area contributed by atoms with E-state index >= 15 is 0 Å². The van der Waals surface area contributed by atoms with E-state index in [1.165, 1.54) is 16.9 Å². The first kappa shape index (κ1) is 10.9. The number of aromatic nitrogens is 2. The Balaban J connectivity index is 2.15. The van der Waals surface area contributed by atoms with E-state index in [9.17, 15) is 4.39 Å². The first-order valence-corrected chi connectivity index (χ1v) is 5.54. The molecule has 94 valence electrons. The average molecular weight is 249 g/mol. The summed E-state index contributed by atoms with van der Waals surface area (Å²) in [5, 5.41) is 4.00. The third-order valence-electron chi connectivity index (χ3n) is 2.91. The van der Waals surface area contributed by atoms with Gasteiger partial charge in [0.1, 0.15) is 24.8 Å². The van der Waals surface area contributed by atoms with Crippen LogP contribution in [0.25, 0.3) is 11.1 Å². The lowest BCUT2D eigenvalue weighted by molar-refractivity contribution is 0.171. The van der Waals surface area contributed by atoms with Crippen LogP contribution in [0.4, 0.5) is 10.2 Å². The summed E-state index contributed by atoms with van der Waals surface area (Å²) in [5.41, 5.74) is 6.76. The number of hydrogen-bond donors (Lipinski definition) is 1. The van der Waals surface area contributed by atoms with E-state index in [0.717, 1.165) is 0 Å². The lowest BCUT2D eigenvalue weighted by Crippen LogP contribution is -2.15. The summed E-state index contributed by atoms with van der Waals surface area (Å²) in [6, 6.07) is 2.91. The Morgan fingerprint density at radius 3 is 2.50 bits per heavy atom. The van der Waals surface area contributed by atoms with Gasteiger partial charge in [-0.15, -0.1) is 0 Å². The quantitative estimate of drug-likeness (QED) is 0.833. The number of fused-ring (bicyclic) bond motifs is 1. The van der Waals surface area contributed by atoms with E-state index in [1.54, 1.807) is 13.1 Å². The maximum absolute atomic E-state index is 14.0. The van der Waals surface area contributed by atoms with Crippen molar-refractivity contribution in [3.63, 3.8) is 0 Å². The number of rotatable bonds is 1. The van der Waals surface area contributed by atoms with Gasteiger partial charge >= 0.3 is 0 Å². The molecule has 0 bridgehead atoms. The zero-order chi connectivity index (χ0) is 12.7. The summed E-state index contributed by atoms with van der Waals surface area (Å²) in [4.78, 5) is 0. The number of aryl methyl sites for hydroxylation is 1. The maximum atomic E-state index is 14.0. The molecule has 0 fully saturated rings. The van der Waals surface area contributed by atoms with Gasteiger partial charge in [0.15, 0.2) is 11.5 Å². The second-order valence-corrected chi connectivity index (χ2v) is 4.04. The molecule has 18 heavy (non-hydrogen) atoms. The molecule has 1 aliphatic rings. The summed E-state index contributed by atoms with van der Waals surface area (Å²) < 4.78 is 26.3. The number of hydrogen-bond acceptors (Lipinski definition) is 4. The van der Waals surface area contributed by atoms with E-state index in [4.69, 9.17) is 15.2 Å². The molecule has 0 saturated heterocycles. The highest BCUT2D eigenvalue weighted by Crippen LogP contribution is 2.38. The Morgan fingerprint density at radius 2 is 1.89 bits per heavy atom. The fourth-order valence-corrected chi connectivity index (χ4v) is 1.92. The van der Waals surface area contributed by atoms with E-state index in [2.05, 4.69) is 5.10 Å². The van der Waals surface area contributed by atoms with Crippen LogP contribution in [0.1, 0.15) is 0 Å². The van der Waals surface area contributed by atoms with Crippen LogP contribution >= 0.6 is 0 Å². The molecule has 0 atom stereocenters. The molecular weight excluding hydrogens is 237 g/mol. The Morgan fingerprint density at radius 1 is 1.22 bits per heavy atom. The highest BCUT2D eigenvalue weighted by Gasteiger charge is 2.19. The standard InChI is InChI=1S/C12H12FN3O2/c1-16-12(14)8(6-15-16)7-4-10-11(5-9(7)13)18-3-2-17-10/h4-6H,2-3,14H2,1H3. The molecule has 2 heterocycles. The predicted octanol–water partition coefficient (Wildman–Crippen LogP) is 1.58. The van der Waals surface area contributed by atoms with Gasteiger partial charge in [0.05, 0.1) is 6.20 Å². The fraction of sp³-hybridized carbons (Fsp3) is 0.250. The van der Waals surface area contributed by atoms with Gasteiger partial charge in [0.2, 0.25) is 0 Å². The summed E-state index contributed by atoms with van der Waals surface area (Å²) in [6.07, 6.45) is 1.53. The lowest BCUT2D eigenvalue weighted by atomic mass is 10.1. The van der Waals surface area contributed by atoms with Crippen LogP contribution in [0.3, 0.4) is 0 Å². The third-order valence-corrected chi connectivity index (χ3v) is 2.91. The van der Waals surface area contributed by atoms with Gasteiger partial charge in [-0.25, -0.2) is 4.39 Å². The summed E-state index contributed by atoms with van der Waals surface area (Å²) in [7, 11) is 1.70. The van der Waals surface area contributed by atoms with Crippen molar-refractivity contribution in [3.8, 4) is 22.6 Å². The Hall–Kier alpha value is -2.24. The topological polar surface area (TPSA) is 62.3 Å². The molecule has 0 amide bonds. The van der Waals surface area contributed by atoms with E-state index in [-0.39, 0.29) is 0 Å². The second-order valence-electron chi connectivity index (χ2n) is 4.04. The monoisotopic (exact) mass is 249 g/mol. The number of nitrogens with two attached hydrogens (primary N) is 1. The number of benzene rings is 1. The normalized spacial score (nSPS) is 13.7. The first-order valence-electron chi connectivity index (χ1n) is 5.54. The van der Waals surface area contributed by atoms with E-state index < -0.39 is 5.82 Å². The smallest absolute Gasteiger partial charge is 0.164 e. The van der Waals surface area contributed by atoms with Crippen molar-refractivity contribution in [2.24, 2.45) is 7.05 Å². The molecule has 2 aromatic rings. The minimum Gasteiger partial charge on any atom is -0.486 e. The molecular formula is C12H12FN3O2. The van der Waals surface area contributed by atoms with Gasteiger partial charge in [-0.1, -0.05) is 0 Å². The number of anilines is 1. The van der Waals surface area contributed by atoms with Crippen LogP contribution in [-0.4, -0.2) is 23.0 Å². The molecule has 0 radical (unpaired) electrons. The molecule has 3 rings (SSSR count). The van der Waals surface area contributed by atoms with Gasteiger partial charge in [-0.2, -0.15) is 5.10 Å². The highest BCUT2D eigenvalue weighted by molar-refractivity contribution is 5.76. The number of halogens is 1. The maximum Gasteiger partial charge on any atom is 0.164 e. The van der Waals surface area contributed by atoms with E-state index in [0.29, 0.717) is 41.7 Å². The zero-order valence-corrected chi connectivity index (χ0v) is 9.81. The van der Waals surface area contributed by atoms with Crippen LogP contribution in [-0.2, 0) is 7.05 Å². The molecule has 5 nitrogen and oxygen atoms in total. The zero-order valence-electron chi connectivity index (χ0n) is 9.81. The number of ether oxygens (including phenoxy) is 2. The average Bonchev–Trinajstić information content (AvgIpc) is 2.69. The van der Waals surface area contributed by atoms with Gasteiger partial charge < -0.3 is 15.2 Å². The van der Waals surface area contributed by atoms with Gasteiger partial charge in [0.25, 0.3) is 0 Å². The number of nitrogens with zero attached hydrogens (tertiary/aromatic N) is 2. The SMILES string of the molecule is Cn1ncc(-c2cc3c(cc2F)OCCO3)c1N. The van der Waals surface area contributed by atoms with Crippen molar-refractivity contribution >= 4 is 5.82 Å². The van der Waals surface area contributed by atoms with Gasteiger partial charge in [-0.3, -0.25) is 4.68 Å². The third kappa shape index (κ3) is 1.57. The second kappa shape index (κ2) is 3.90. The van der Waals surface area contributed by atoms with Crippen molar-refractivity contribution in [3.05, 3.63) is 24.1 Å². The molecule has 1 aromatic carbocycles. The largest absolute Gasteiger partial charge is 0.486 e.